The number of nitrogens with one attached hydrogen (secondary N) is 1. The molecule has 0 aromatic heterocycles. The van der Waals surface area contributed by atoms with E-state index >= 15 is 0 Å². The van der Waals surface area contributed by atoms with E-state index in [1.165, 1.54) is 4.31 Å². The molecule has 0 saturated carbocycles. The van der Waals surface area contributed by atoms with Crippen molar-refractivity contribution in [3.63, 3.8) is 0 Å². The number of benzene rings is 1. The van der Waals surface area contributed by atoms with Crippen LogP contribution in [0.3, 0.4) is 0 Å². The van der Waals surface area contributed by atoms with Gasteiger partial charge in [-0.1, -0.05) is 0 Å². The fraction of sp³-hybridized carbons (Fsp3) is 0.588. The molecule has 2 fully saturated rings. The summed E-state index contributed by atoms with van der Waals surface area (Å²) in [6, 6.07) is 6.61. The van der Waals surface area contributed by atoms with Crippen molar-refractivity contribution in [1.29, 1.82) is 0 Å². The van der Waals surface area contributed by atoms with Gasteiger partial charge in [0.1, 0.15) is 5.75 Å². The van der Waals surface area contributed by atoms with Crippen molar-refractivity contribution < 1.29 is 17.9 Å². The third-order valence-corrected chi connectivity index (χ3v) is 7.75. The maximum atomic E-state index is 12.7. The zero-order valence-corrected chi connectivity index (χ0v) is 17.7. The minimum absolute atomic E-state index is 0. The highest BCUT2D eigenvalue weighted by molar-refractivity contribution is 7.99. The van der Waals surface area contributed by atoms with E-state index in [9.17, 15) is 13.2 Å². The number of piperazine rings is 1. The van der Waals surface area contributed by atoms with Crippen LogP contribution in [0, 0.1) is 0 Å². The lowest BCUT2D eigenvalue weighted by Crippen LogP contribution is -2.52. The van der Waals surface area contributed by atoms with Gasteiger partial charge in [-0.05, 0) is 24.3 Å². The monoisotopic (exact) mass is 435 g/mol. The van der Waals surface area contributed by atoms with E-state index in [1.807, 2.05) is 11.8 Å². The molecule has 1 atom stereocenters. The van der Waals surface area contributed by atoms with Gasteiger partial charge in [-0.2, -0.15) is 16.1 Å². The van der Waals surface area contributed by atoms with Gasteiger partial charge in [0.15, 0.2) is 0 Å². The Morgan fingerprint density at radius 1 is 1.22 bits per heavy atom. The van der Waals surface area contributed by atoms with E-state index < -0.39 is 10.0 Å². The number of carbonyl (C=O) groups excluding carboxylic acids is 1. The number of carbonyl (C=O) groups is 1. The van der Waals surface area contributed by atoms with Crippen LogP contribution >= 0.6 is 24.2 Å². The highest BCUT2D eigenvalue weighted by Gasteiger charge is 2.31. The predicted octanol–water partition coefficient (Wildman–Crippen LogP) is 1.04. The molecule has 0 bridgehead atoms. The molecule has 1 unspecified atom stereocenters. The molecule has 3 rings (SSSR count). The first kappa shape index (κ1) is 22.3. The number of rotatable bonds is 5. The standard InChI is InChI=1S/C17H25N3O4S2.ClH/c1-24-15-2-4-16(5-3-15)26(22,23)20-9-7-19(8-10-20)17(21)12-14-13-25-11-6-18-14;/h2-5,14,18H,6-13H2,1H3;1H. The Hall–Kier alpha value is -1.00. The van der Waals surface area contributed by atoms with E-state index in [0.717, 1.165) is 18.1 Å². The van der Waals surface area contributed by atoms with Crippen LogP contribution in [-0.4, -0.2) is 80.9 Å². The Kier molecular flexibility index (Phi) is 8.23. The molecule has 27 heavy (non-hydrogen) atoms. The summed E-state index contributed by atoms with van der Waals surface area (Å²) >= 11 is 1.87. The summed E-state index contributed by atoms with van der Waals surface area (Å²) in [6.45, 7) is 2.47. The maximum absolute atomic E-state index is 12.7. The molecule has 7 nitrogen and oxygen atoms in total. The van der Waals surface area contributed by atoms with E-state index in [2.05, 4.69) is 5.32 Å². The van der Waals surface area contributed by atoms with Crippen LogP contribution in [0.1, 0.15) is 6.42 Å². The van der Waals surface area contributed by atoms with Crippen molar-refractivity contribution in [1.82, 2.24) is 14.5 Å². The largest absolute Gasteiger partial charge is 0.497 e. The van der Waals surface area contributed by atoms with Crippen molar-refractivity contribution >= 4 is 40.1 Å². The highest BCUT2D eigenvalue weighted by atomic mass is 35.5. The predicted molar refractivity (Wildman–Crippen MR) is 109 cm³/mol. The molecule has 1 amide bonds. The number of sulfonamides is 1. The van der Waals surface area contributed by atoms with Crippen LogP contribution in [0.15, 0.2) is 29.2 Å². The van der Waals surface area contributed by atoms with Crippen molar-refractivity contribution in [2.75, 3.05) is 51.3 Å². The molecule has 2 aliphatic heterocycles. The van der Waals surface area contributed by atoms with Crippen LogP contribution in [0.4, 0.5) is 0 Å². The van der Waals surface area contributed by atoms with Crippen LogP contribution in [0.5, 0.6) is 5.75 Å². The lowest BCUT2D eigenvalue weighted by molar-refractivity contribution is -0.132. The van der Waals surface area contributed by atoms with Gasteiger partial charge in [-0.25, -0.2) is 8.42 Å². The summed E-state index contributed by atoms with van der Waals surface area (Å²) in [5.41, 5.74) is 0. The minimum Gasteiger partial charge on any atom is -0.497 e. The van der Waals surface area contributed by atoms with E-state index in [0.29, 0.717) is 38.3 Å². The van der Waals surface area contributed by atoms with Crippen molar-refractivity contribution in [3.05, 3.63) is 24.3 Å². The van der Waals surface area contributed by atoms with Crippen LogP contribution in [0.2, 0.25) is 0 Å². The zero-order valence-electron chi connectivity index (χ0n) is 15.3. The van der Waals surface area contributed by atoms with Gasteiger partial charge in [-0.15, -0.1) is 12.4 Å². The molecule has 0 aliphatic carbocycles. The number of methoxy groups -OCH3 is 1. The summed E-state index contributed by atoms with van der Waals surface area (Å²) in [5.74, 6) is 2.77. The zero-order chi connectivity index (χ0) is 18.6. The summed E-state index contributed by atoms with van der Waals surface area (Å²) in [7, 11) is -2.00. The molecule has 0 spiro atoms. The fourth-order valence-electron chi connectivity index (χ4n) is 3.17. The second-order valence-corrected chi connectivity index (χ2v) is 9.48. The molecule has 2 heterocycles. The minimum atomic E-state index is -3.54. The van der Waals surface area contributed by atoms with Crippen LogP contribution < -0.4 is 10.1 Å². The fourth-order valence-corrected chi connectivity index (χ4v) is 5.54. The number of hydrogen-bond donors (Lipinski definition) is 1. The summed E-state index contributed by atoms with van der Waals surface area (Å²) in [5, 5.41) is 3.37. The summed E-state index contributed by atoms with van der Waals surface area (Å²) < 4.78 is 32.0. The normalized spacial score (nSPS) is 21.4. The molecular weight excluding hydrogens is 410 g/mol. The molecule has 152 valence electrons. The molecule has 1 aromatic rings. The van der Waals surface area contributed by atoms with Gasteiger partial charge in [0.25, 0.3) is 0 Å². The van der Waals surface area contributed by atoms with Crippen molar-refractivity contribution in [2.24, 2.45) is 0 Å². The maximum Gasteiger partial charge on any atom is 0.243 e. The Labute approximate surface area is 171 Å². The number of halogens is 1. The van der Waals surface area contributed by atoms with Gasteiger partial charge in [-0.3, -0.25) is 4.79 Å². The lowest BCUT2D eigenvalue weighted by Gasteiger charge is -2.35. The number of ether oxygens (including phenoxy) is 1. The molecule has 1 aromatic carbocycles. The van der Waals surface area contributed by atoms with Gasteiger partial charge in [0, 0.05) is 56.7 Å². The SMILES string of the molecule is COc1ccc(S(=O)(=O)N2CCN(C(=O)CC3CSCCN3)CC2)cc1.Cl. The first-order chi connectivity index (χ1) is 12.5. The second kappa shape index (κ2) is 9.97. The Morgan fingerprint density at radius 2 is 1.89 bits per heavy atom. The molecule has 0 radical (unpaired) electrons. The van der Waals surface area contributed by atoms with Gasteiger partial charge in [0.05, 0.1) is 12.0 Å². The highest BCUT2D eigenvalue weighted by Crippen LogP contribution is 2.21. The van der Waals surface area contributed by atoms with Crippen LogP contribution in [0.25, 0.3) is 0 Å². The third kappa shape index (κ3) is 5.51. The van der Waals surface area contributed by atoms with Crippen molar-refractivity contribution in [3.8, 4) is 5.75 Å². The molecule has 2 aliphatic rings. The molecular formula is C17H26ClN3O4S2. The van der Waals surface area contributed by atoms with Crippen LogP contribution in [-0.2, 0) is 14.8 Å². The Balaban J connectivity index is 0.00000261. The molecule has 1 N–H and O–H groups in total. The van der Waals surface area contributed by atoms with E-state index in [1.54, 1.807) is 36.3 Å². The topological polar surface area (TPSA) is 79.0 Å². The van der Waals surface area contributed by atoms with E-state index in [-0.39, 0.29) is 29.3 Å². The number of amides is 1. The van der Waals surface area contributed by atoms with Gasteiger partial charge < -0.3 is 15.0 Å². The summed E-state index contributed by atoms with van der Waals surface area (Å²) in [4.78, 5) is 14.5. The van der Waals surface area contributed by atoms with E-state index in [4.69, 9.17) is 4.74 Å². The average Bonchev–Trinajstić information content (AvgIpc) is 2.69. The smallest absolute Gasteiger partial charge is 0.243 e. The quantitative estimate of drug-likeness (QED) is 0.744. The number of hydrogen-bond acceptors (Lipinski definition) is 6. The summed E-state index contributed by atoms with van der Waals surface area (Å²) in [6.07, 6.45) is 0.484. The Morgan fingerprint density at radius 3 is 2.44 bits per heavy atom. The number of nitrogens with zero attached hydrogens (tertiary/aromatic N) is 2. The van der Waals surface area contributed by atoms with Gasteiger partial charge in [0.2, 0.25) is 15.9 Å². The van der Waals surface area contributed by atoms with Crippen molar-refractivity contribution in [2.45, 2.75) is 17.4 Å². The third-order valence-electron chi connectivity index (χ3n) is 4.71. The van der Waals surface area contributed by atoms with Gasteiger partial charge >= 0.3 is 0 Å². The number of thioether (sulfide) groups is 1. The molecule has 10 heteroatoms. The average molecular weight is 436 g/mol. The second-order valence-electron chi connectivity index (χ2n) is 6.39. The lowest BCUT2D eigenvalue weighted by atomic mass is 10.2. The first-order valence-corrected chi connectivity index (χ1v) is 11.3. The Bertz CT molecular complexity index is 716. The molecule has 2 saturated heterocycles. The first-order valence-electron chi connectivity index (χ1n) is 8.74.